The van der Waals surface area contributed by atoms with Gasteiger partial charge in [0.1, 0.15) is 0 Å². The Hall–Kier alpha value is -3.10. The van der Waals surface area contributed by atoms with Gasteiger partial charge < -0.3 is 15.8 Å². The van der Waals surface area contributed by atoms with Crippen molar-refractivity contribution in [1.82, 2.24) is 4.98 Å². The molecule has 8 heteroatoms. The lowest BCUT2D eigenvalue weighted by Gasteiger charge is -2.17. The van der Waals surface area contributed by atoms with Crippen molar-refractivity contribution in [3.8, 4) is 17.0 Å². The number of aromatic nitrogens is 1. The van der Waals surface area contributed by atoms with Gasteiger partial charge in [0.05, 0.1) is 39.2 Å². The highest BCUT2D eigenvalue weighted by Crippen LogP contribution is 2.38. The third kappa shape index (κ3) is 4.18. The number of benzene rings is 2. The Bertz CT molecular complexity index is 1140. The largest absolute Gasteiger partial charge is 0.480 e. The van der Waals surface area contributed by atoms with Crippen LogP contribution in [-0.2, 0) is 16.6 Å². The molecule has 0 spiro atoms. The van der Waals surface area contributed by atoms with Gasteiger partial charge in [-0.1, -0.05) is 42.5 Å². The molecule has 0 saturated heterocycles. The first-order chi connectivity index (χ1) is 14.0. The number of nitrogens with zero attached hydrogens (tertiary/aromatic N) is 1. The maximum Gasteiger partial charge on any atom is 0.238 e. The standard InChI is InChI=1S/C19H20N4O3S/c1-26-19-17(14-5-3-2-4-6-14)18(16(20)12-23-19)22-11-13-7-9-15(10-8-13)27(21,24)25/h2-10,12H,11,20H2,1H3,(H,22,23)(H2,21,24,25)/i1D3. The molecule has 27 heavy (non-hydrogen) atoms. The molecule has 2 aromatic carbocycles. The fraction of sp³-hybridized carbons (Fsp3) is 0.105. The van der Waals surface area contributed by atoms with E-state index >= 15 is 0 Å². The van der Waals surface area contributed by atoms with Crippen LogP contribution in [0.1, 0.15) is 9.68 Å². The molecular weight excluding hydrogens is 364 g/mol. The normalized spacial score (nSPS) is 13.3. The van der Waals surface area contributed by atoms with E-state index in [2.05, 4.69) is 10.3 Å². The molecule has 0 fully saturated rings. The summed E-state index contributed by atoms with van der Waals surface area (Å²) in [4.78, 5) is 4.07. The van der Waals surface area contributed by atoms with E-state index in [0.29, 0.717) is 22.5 Å². The second-order valence-electron chi connectivity index (χ2n) is 5.78. The summed E-state index contributed by atoms with van der Waals surface area (Å²) in [5.41, 5.74) is 8.71. The molecular formula is C19H20N4O3S. The van der Waals surface area contributed by atoms with E-state index in [1.54, 1.807) is 36.4 Å². The minimum atomic E-state index is -3.78. The zero-order chi connectivity index (χ0) is 21.9. The average molecular weight is 387 g/mol. The van der Waals surface area contributed by atoms with Crippen LogP contribution in [0.2, 0.25) is 0 Å². The van der Waals surface area contributed by atoms with Crippen LogP contribution < -0.4 is 20.9 Å². The molecule has 1 heterocycles. The number of nitrogens with two attached hydrogens (primary N) is 2. The van der Waals surface area contributed by atoms with Gasteiger partial charge in [0.15, 0.2) is 0 Å². The molecule has 0 bridgehead atoms. The number of nitrogen functional groups attached to an aromatic ring is 1. The number of hydrogen-bond donors (Lipinski definition) is 3. The fourth-order valence-corrected chi connectivity index (χ4v) is 3.15. The van der Waals surface area contributed by atoms with Crippen LogP contribution in [0.4, 0.5) is 11.4 Å². The molecule has 0 atom stereocenters. The maximum atomic E-state index is 11.4. The molecule has 7 nitrogen and oxygen atoms in total. The highest BCUT2D eigenvalue weighted by molar-refractivity contribution is 7.89. The highest BCUT2D eigenvalue weighted by atomic mass is 32.2. The van der Waals surface area contributed by atoms with Gasteiger partial charge in [-0.2, -0.15) is 0 Å². The zero-order valence-corrected chi connectivity index (χ0v) is 15.0. The van der Waals surface area contributed by atoms with E-state index in [1.807, 2.05) is 6.07 Å². The molecule has 0 aliphatic carbocycles. The number of pyridine rings is 1. The van der Waals surface area contributed by atoms with E-state index in [4.69, 9.17) is 19.7 Å². The van der Waals surface area contributed by atoms with Gasteiger partial charge in [0.25, 0.3) is 0 Å². The summed E-state index contributed by atoms with van der Waals surface area (Å²) in [5, 5.41) is 8.29. The minimum Gasteiger partial charge on any atom is -0.480 e. The number of anilines is 2. The van der Waals surface area contributed by atoms with Gasteiger partial charge in [-0.15, -0.1) is 0 Å². The summed E-state index contributed by atoms with van der Waals surface area (Å²) in [5.74, 6) is -0.0810. The summed E-state index contributed by atoms with van der Waals surface area (Å²) < 4.78 is 50.2. The van der Waals surface area contributed by atoms with E-state index in [-0.39, 0.29) is 17.3 Å². The Labute approximate surface area is 162 Å². The number of rotatable bonds is 6. The van der Waals surface area contributed by atoms with Gasteiger partial charge >= 0.3 is 0 Å². The molecule has 1 aromatic heterocycles. The van der Waals surface area contributed by atoms with E-state index in [0.717, 1.165) is 5.56 Å². The summed E-state index contributed by atoms with van der Waals surface area (Å²) >= 11 is 0. The van der Waals surface area contributed by atoms with Crippen molar-refractivity contribution in [3.05, 3.63) is 66.4 Å². The number of primary sulfonamides is 1. The lowest BCUT2D eigenvalue weighted by molar-refractivity contribution is 0.400. The quantitative estimate of drug-likeness (QED) is 0.598. The van der Waals surface area contributed by atoms with E-state index < -0.39 is 17.1 Å². The van der Waals surface area contributed by atoms with Gasteiger partial charge in [-0.05, 0) is 23.3 Å². The third-order valence-corrected chi connectivity index (χ3v) is 4.88. The number of nitrogens with one attached hydrogen (secondary N) is 1. The van der Waals surface area contributed by atoms with Crippen molar-refractivity contribution < 1.29 is 17.3 Å². The molecule has 140 valence electrons. The molecule has 0 aliphatic rings. The Morgan fingerprint density at radius 1 is 1.15 bits per heavy atom. The monoisotopic (exact) mass is 387 g/mol. The SMILES string of the molecule is [2H]C([2H])([2H])Oc1ncc(N)c(NCc2ccc(S(N)(=O)=O)cc2)c1-c1ccccc1. The smallest absolute Gasteiger partial charge is 0.238 e. The molecule has 0 aliphatic heterocycles. The average Bonchev–Trinajstić information content (AvgIpc) is 2.67. The number of hydrogen-bond acceptors (Lipinski definition) is 6. The van der Waals surface area contributed by atoms with Crippen molar-refractivity contribution in [1.29, 1.82) is 0 Å². The predicted molar refractivity (Wildman–Crippen MR) is 106 cm³/mol. The lowest BCUT2D eigenvalue weighted by atomic mass is 10.0. The van der Waals surface area contributed by atoms with Crippen molar-refractivity contribution >= 4 is 21.4 Å². The first-order valence-corrected chi connectivity index (χ1v) is 9.48. The molecule has 5 N–H and O–H groups in total. The van der Waals surface area contributed by atoms with Crippen LogP contribution >= 0.6 is 0 Å². The topological polar surface area (TPSA) is 120 Å². The lowest BCUT2D eigenvalue weighted by Crippen LogP contribution is -2.12. The van der Waals surface area contributed by atoms with Gasteiger partial charge in [0, 0.05) is 6.54 Å². The summed E-state index contributed by atoms with van der Waals surface area (Å²) in [6, 6.07) is 15.0. The van der Waals surface area contributed by atoms with Crippen LogP contribution in [0.15, 0.2) is 65.7 Å². The zero-order valence-electron chi connectivity index (χ0n) is 17.2. The molecule has 0 saturated carbocycles. The van der Waals surface area contributed by atoms with E-state index in [9.17, 15) is 8.42 Å². The van der Waals surface area contributed by atoms with Crippen LogP contribution in [0.25, 0.3) is 11.1 Å². The van der Waals surface area contributed by atoms with Crippen molar-refractivity contribution in [2.24, 2.45) is 5.14 Å². The number of methoxy groups -OCH3 is 1. The Kier molecular flexibility index (Phi) is 4.25. The summed E-state index contributed by atoms with van der Waals surface area (Å²) in [6.45, 7) is 0.284. The summed E-state index contributed by atoms with van der Waals surface area (Å²) in [6.07, 6.45) is 1.32. The first-order valence-electron chi connectivity index (χ1n) is 9.43. The number of ether oxygens (including phenoxy) is 1. The Morgan fingerprint density at radius 3 is 2.48 bits per heavy atom. The minimum absolute atomic E-state index is 0.00742. The molecule has 0 amide bonds. The first kappa shape index (κ1) is 15.0. The maximum absolute atomic E-state index is 11.4. The second-order valence-corrected chi connectivity index (χ2v) is 7.34. The van der Waals surface area contributed by atoms with Crippen molar-refractivity contribution in [3.63, 3.8) is 0 Å². The van der Waals surface area contributed by atoms with Crippen LogP contribution in [0.5, 0.6) is 5.88 Å². The molecule has 3 rings (SSSR count). The van der Waals surface area contributed by atoms with Gasteiger partial charge in [-0.3, -0.25) is 0 Å². The molecule has 0 unspecified atom stereocenters. The highest BCUT2D eigenvalue weighted by Gasteiger charge is 2.16. The molecule has 3 aromatic rings. The van der Waals surface area contributed by atoms with E-state index in [1.165, 1.54) is 18.3 Å². The van der Waals surface area contributed by atoms with Crippen LogP contribution in [0, 0.1) is 0 Å². The molecule has 0 radical (unpaired) electrons. The van der Waals surface area contributed by atoms with Crippen molar-refractivity contribution in [2.75, 3.05) is 18.1 Å². The Balaban J connectivity index is 1.98. The van der Waals surface area contributed by atoms with Crippen LogP contribution in [0.3, 0.4) is 0 Å². The van der Waals surface area contributed by atoms with Gasteiger partial charge in [-0.25, -0.2) is 18.5 Å². The second kappa shape index (κ2) is 7.65. The fourth-order valence-electron chi connectivity index (χ4n) is 2.64. The van der Waals surface area contributed by atoms with Crippen molar-refractivity contribution in [2.45, 2.75) is 11.4 Å². The van der Waals surface area contributed by atoms with Crippen LogP contribution in [-0.4, -0.2) is 20.4 Å². The third-order valence-electron chi connectivity index (χ3n) is 3.95. The van der Waals surface area contributed by atoms with Gasteiger partial charge in [0.2, 0.25) is 15.9 Å². The number of sulfonamides is 1. The Morgan fingerprint density at radius 2 is 1.85 bits per heavy atom. The predicted octanol–water partition coefficient (Wildman–Crippen LogP) is 2.60. The summed E-state index contributed by atoms with van der Waals surface area (Å²) in [7, 11) is -6.46.